The lowest BCUT2D eigenvalue weighted by Gasteiger charge is -2.22. The van der Waals surface area contributed by atoms with Gasteiger partial charge in [-0.2, -0.15) is 5.10 Å². The van der Waals surface area contributed by atoms with Crippen molar-refractivity contribution in [2.24, 2.45) is 5.73 Å². The molecule has 2 rings (SSSR count). The predicted molar refractivity (Wildman–Crippen MR) is 89.9 cm³/mol. The molecule has 0 unspecified atom stereocenters. The smallest absolute Gasteiger partial charge is 0.124 e. The normalized spacial score (nSPS) is 10.7. The summed E-state index contributed by atoms with van der Waals surface area (Å²) in [5.41, 5.74) is 9.46. The number of amidine groups is 1. The van der Waals surface area contributed by atoms with Gasteiger partial charge < -0.3 is 10.6 Å². The summed E-state index contributed by atoms with van der Waals surface area (Å²) >= 11 is 3.61. The number of hydrogen-bond donors (Lipinski definition) is 2. The highest BCUT2D eigenvalue weighted by Gasteiger charge is 2.16. The van der Waals surface area contributed by atoms with E-state index >= 15 is 0 Å². The van der Waals surface area contributed by atoms with Gasteiger partial charge in [0.15, 0.2) is 0 Å². The van der Waals surface area contributed by atoms with E-state index in [9.17, 15) is 0 Å². The van der Waals surface area contributed by atoms with Crippen molar-refractivity contribution in [3.05, 3.63) is 45.7 Å². The van der Waals surface area contributed by atoms with Gasteiger partial charge in [0.05, 0.1) is 22.4 Å². The fraction of sp³-hybridized carbons (Fsp3) is 0.333. The van der Waals surface area contributed by atoms with Gasteiger partial charge in [-0.15, -0.1) is 0 Å². The van der Waals surface area contributed by atoms with Crippen molar-refractivity contribution in [3.8, 4) is 0 Å². The second kappa shape index (κ2) is 6.30. The van der Waals surface area contributed by atoms with Gasteiger partial charge in [-0.05, 0) is 41.9 Å². The number of aromatic nitrogens is 2. The van der Waals surface area contributed by atoms with Crippen LogP contribution in [-0.2, 0) is 13.1 Å². The van der Waals surface area contributed by atoms with Gasteiger partial charge in [-0.3, -0.25) is 10.1 Å². The summed E-state index contributed by atoms with van der Waals surface area (Å²) < 4.78 is 3.03. The minimum atomic E-state index is 0.0803. The van der Waals surface area contributed by atoms with Crippen LogP contribution < -0.4 is 10.6 Å². The molecule has 0 aliphatic rings. The van der Waals surface area contributed by atoms with Crippen LogP contribution in [0.4, 0.5) is 5.69 Å². The number of nitrogens with zero attached hydrogens (tertiary/aromatic N) is 3. The van der Waals surface area contributed by atoms with Gasteiger partial charge in [-0.25, -0.2) is 0 Å². The van der Waals surface area contributed by atoms with Crippen LogP contribution in [0.25, 0.3) is 0 Å². The summed E-state index contributed by atoms with van der Waals surface area (Å²) in [5.74, 6) is 0.0803. The van der Waals surface area contributed by atoms with E-state index < -0.39 is 0 Å². The Hall–Kier alpha value is -1.82. The molecule has 0 saturated carbocycles. The Morgan fingerprint density at radius 1 is 1.43 bits per heavy atom. The first-order valence-corrected chi connectivity index (χ1v) is 7.61. The maximum Gasteiger partial charge on any atom is 0.124 e. The first-order valence-electron chi connectivity index (χ1n) is 6.82. The Morgan fingerprint density at radius 3 is 2.71 bits per heavy atom. The molecule has 1 aromatic carbocycles. The number of halogens is 1. The van der Waals surface area contributed by atoms with E-state index in [2.05, 4.69) is 32.9 Å². The van der Waals surface area contributed by atoms with E-state index in [0.717, 1.165) is 33.7 Å². The fourth-order valence-electron chi connectivity index (χ4n) is 2.36. The van der Waals surface area contributed by atoms with Gasteiger partial charge in [0.1, 0.15) is 5.84 Å². The Kier molecular flexibility index (Phi) is 4.67. The number of anilines is 1. The summed E-state index contributed by atoms with van der Waals surface area (Å²) in [7, 11) is 2.00. The number of nitrogens with two attached hydrogens (primary N) is 1. The van der Waals surface area contributed by atoms with Crippen molar-refractivity contribution < 1.29 is 0 Å². The van der Waals surface area contributed by atoms with Crippen LogP contribution in [0, 0.1) is 12.3 Å². The molecule has 0 atom stereocenters. The van der Waals surface area contributed by atoms with Crippen LogP contribution >= 0.6 is 15.9 Å². The average Bonchev–Trinajstić information content (AvgIpc) is 2.74. The van der Waals surface area contributed by atoms with Crippen molar-refractivity contribution in [1.82, 2.24) is 9.78 Å². The lowest BCUT2D eigenvalue weighted by molar-refractivity contribution is 0.612. The summed E-state index contributed by atoms with van der Waals surface area (Å²) in [5, 5.41) is 12.2. The van der Waals surface area contributed by atoms with Crippen LogP contribution in [0.2, 0.25) is 0 Å². The maximum absolute atomic E-state index is 7.70. The van der Waals surface area contributed by atoms with Crippen LogP contribution in [0.15, 0.2) is 28.7 Å². The average molecular weight is 350 g/mol. The van der Waals surface area contributed by atoms with Gasteiger partial charge in [0.2, 0.25) is 0 Å². The zero-order valence-electron chi connectivity index (χ0n) is 12.5. The zero-order chi connectivity index (χ0) is 15.6. The molecule has 0 aliphatic carbocycles. The van der Waals surface area contributed by atoms with E-state index in [1.807, 2.05) is 42.9 Å². The minimum absolute atomic E-state index is 0.0803. The van der Waals surface area contributed by atoms with Gasteiger partial charge in [0, 0.05) is 24.8 Å². The number of para-hydroxylation sites is 1. The van der Waals surface area contributed by atoms with E-state index in [1.165, 1.54) is 0 Å². The van der Waals surface area contributed by atoms with Crippen LogP contribution in [0.1, 0.15) is 23.9 Å². The quantitative estimate of drug-likeness (QED) is 0.643. The monoisotopic (exact) mass is 349 g/mol. The lowest BCUT2D eigenvalue weighted by Crippen LogP contribution is -2.23. The highest BCUT2D eigenvalue weighted by atomic mass is 79.9. The van der Waals surface area contributed by atoms with E-state index in [0.29, 0.717) is 6.54 Å². The number of nitrogens with one attached hydrogen (secondary N) is 1. The number of benzene rings is 1. The number of rotatable bonds is 5. The molecule has 1 heterocycles. The molecule has 1 aromatic heterocycles. The van der Waals surface area contributed by atoms with E-state index in [4.69, 9.17) is 11.1 Å². The molecule has 0 fully saturated rings. The molecule has 0 saturated heterocycles. The molecule has 2 aromatic rings. The number of nitrogen functional groups attached to an aromatic ring is 1. The molecular formula is C15H20BrN5. The van der Waals surface area contributed by atoms with Crippen molar-refractivity contribution in [3.63, 3.8) is 0 Å². The third kappa shape index (κ3) is 3.10. The second-order valence-electron chi connectivity index (χ2n) is 4.95. The number of aryl methyl sites for hydroxylation is 2. The van der Waals surface area contributed by atoms with Gasteiger partial charge >= 0.3 is 0 Å². The SMILES string of the molecule is CCn1nc(C)c(Br)c1CN(C)c1ccccc1C(=N)N. The van der Waals surface area contributed by atoms with Crippen molar-refractivity contribution in [2.75, 3.05) is 11.9 Å². The lowest BCUT2D eigenvalue weighted by atomic mass is 10.1. The van der Waals surface area contributed by atoms with E-state index in [1.54, 1.807) is 0 Å². The van der Waals surface area contributed by atoms with Crippen LogP contribution in [0.3, 0.4) is 0 Å². The Bertz CT molecular complexity index is 662. The molecule has 0 amide bonds. The third-order valence-electron chi connectivity index (χ3n) is 3.45. The molecule has 0 spiro atoms. The molecule has 0 bridgehead atoms. The highest BCUT2D eigenvalue weighted by molar-refractivity contribution is 9.10. The Balaban J connectivity index is 2.35. The largest absolute Gasteiger partial charge is 0.384 e. The maximum atomic E-state index is 7.70. The first-order chi connectivity index (χ1) is 9.95. The topological polar surface area (TPSA) is 70.9 Å². The number of hydrogen-bond acceptors (Lipinski definition) is 3. The molecule has 0 radical (unpaired) electrons. The molecule has 3 N–H and O–H groups in total. The summed E-state index contributed by atoms with van der Waals surface area (Å²) in [6.07, 6.45) is 0. The molecule has 112 valence electrons. The molecular weight excluding hydrogens is 330 g/mol. The standard InChI is InChI=1S/C15H20BrN5/c1-4-21-13(14(16)10(2)19-21)9-20(3)12-8-6-5-7-11(12)15(17)18/h5-8H,4,9H2,1-3H3,(H3,17,18). The van der Waals surface area contributed by atoms with Crippen molar-refractivity contribution >= 4 is 27.5 Å². The Morgan fingerprint density at radius 2 is 2.10 bits per heavy atom. The summed E-state index contributed by atoms with van der Waals surface area (Å²) in [6.45, 7) is 5.58. The second-order valence-corrected chi connectivity index (χ2v) is 5.74. The van der Waals surface area contributed by atoms with Crippen molar-refractivity contribution in [2.45, 2.75) is 26.9 Å². The minimum Gasteiger partial charge on any atom is -0.384 e. The highest BCUT2D eigenvalue weighted by Crippen LogP contribution is 2.26. The predicted octanol–water partition coefficient (Wildman–Crippen LogP) is 2.89. The Labute approximate surface area is 133 Å². The summed E-state index contributed by atoms with van der Waals surface area (Å²) in [6, 6.07) is 7.69. The molecule has 21 heavy (non-hydrogen) atoms. The molecule has 6 heteroatoms. The fourth-order valence-corrected chi connectivity index (χ4v) is 2.77. The van der Waals surface area contributed by atoms with Gasteiger partial charge in [-0.1, -0.05) is 12.1 Å². The third-order valence-corrected chi connectivity index (χ3v) is 4.48. The molecule has 5 nitrogen and oxygen atoms in total. The molecule has 0 aliphatic heterocycles. The zero-order valence-corrected chi connectivity index (χ0v) is 14.1. The summed E-state index contributed by atoms with van der Waals surface area (Å²) in [4.78, 5) is 2.09. The van der Waals surface area contributed by atoms with Crippen molar-refractivity contribution in [1.29, 1.82) is 5.41 Å². The van der Waals surface area contributed by atoms with E-state index in [-0.39, 0.29) is 5.84 Å². The first kappa shape index (κ1) is 15.6. The van der Waals surface area contributed by atoms with Crippen LogP contribution in [0.5, 0.6) is 0 Å². The van der Waals surface area contributed by atoms with Gasteiger partial charge in [0.25, 0.3) is 0 Å². The van der Waals surface area contributed by atoms with Crippen LogP contribution in [-0.4, -0.2) is 22.7 Å².